The summed E-state index contributed by atoms with van der Waals surface area (Å²) in [4.78, 5) is 11.1. The van der Waals surface area contributed by atoms with E-state index in [1.54, 1.807) is 30.5 Å². The Bertz CT molecular complexity index is 506. The number of rotatable bonds is 3. The number of hydrogen-bond donors (Lipinski definition) is 2. The Hall–Kier alpha value is -1.81. The van der Waals surface area contributed by atoms with Gasteiger partial charge < -0.3 is 10.4 Å². The summed E-state index contributed by atoms with van der Waals surface area (Å²) in [7, 11) is 1.71. The van der Waals surface area contributed by atoms with Gasteiger partial charge in [0, 0.05) is 12.7 Å². The van der Waals surface area contributed by atoms with E-state index in [0.29, 0.717) is 11.3 Å². The highest BCUT2D eigenvalue weighted by Gasteiger charge is 2.10. The maximum absolute atomic E-state index is 11.1. The number of hydrogen-bond acceptors (Lipinski definition) is 3. The third-order valence-electron chi connectivity index (χ3n) is 2.37. The van der Waals surface area contributed by atoms with Crippen LogP contribution in [0.4, 0.5) is 5.69 Å². The zero-order valence-electron chi connectivity index (χ0n) is 8.73. The van der Waals surface area contributed by atoms with Gasteiger partial charge in [-0.05, 0) is 40.1 Å². The summed E-state index contributed by atoms with van der Waals surface area (Å²) in [5, 5.41) is 15.9. The predicted octanol–water partition coefficient (Wildman–Crippen LogP) is 3.16. The first-order valence-corrected chi connectivity index (χ1v) is 5.74. The molecule has 0 fully saturated rings. The van der Waals surface area contributed by atoms with Crippen molar-refractivity contribution < 1.29 is 9.90 Å². The number of aromatic carboxylic acids is 1. The molecule has 4 heteroatoms. The van der Waals surface area contributed by atoms with Crippen molar-refractivity contribution in [2.75, 3.05) is 12.4 Å². The van der Waals surface area contributed by atoms with Crippen molar-refractivity contribution in [2.45, 2.75) is 0 Å². The van der Waals surface area contributed by atoms with Crippen LogP contribution in [0.25, 0.3) is 11.1 Å². The van der Waals surface area contributed by atoms with Crippen molar-refractivity contribution in [1.82, 2.24) is 0 Å². The van der Waals surface area contributed by atoms with E-state index in [9.17, 15) is 4.79 Å². The molecule has 1 aromatic carbocycles. The van der Waals surface area contributed by atoms with Crippen LogP contribution in [0.15, 0.2) is 35.0 Å². The third-order valence-corrected chi connectivity index (χ3v) is 3.06. The summed E-state index contributed by atoms with van der Waals surface area (Å²) in [6.07, 6.45) is 0. The normalized spacial score (nSPS) is 10.1. The molecule has 0 saturated heterocycles. The molecule has 0 spiro atoms. The summed E-state index contributed by atoms with van der Waals surface area (Å²) in [6.45, 7) is 0. The Labute approximate surface area is 97.4 Å². The van der Waals surface area contributed by atoms with Gasteiger partial charge in [0.15, 0.2) is 0 Å². The molecule has 1 heterocycles. The van der Waals surface area contributed by atoms with Crippen LogP contribution in [0.2, 0.25) is 0 Å². The van der Waals surface area contributed by atoms with E-state index in [1.807, 2.05) is 22.9 Å². The second-order valence-corrected chi connectivity index (χ2v) is 4.11. The molecule has 0 amide bonds. The van der Waals surface area contributed by atoms with Crippen LogP contribution in [0.1, 0.15) is 10.4 Å². The first-order chi connectivity index (χ1) is 7.72. The van der Waals surface area contributed by atoms with E-state index in [0.717, 1.165) is 11.1 Å². The molecule has 2 N–H and O–H groups in total. The maximum Gasteiger partial charge on any atom is 0.337 e. The number of nitrogens with one attached hydrogen (secondary N) is 1. The fourth-order valence-corrected chi connectivity index (χ4v) is 2.21. The molecule has 0 saturated carbocycles. The number of carbonyl (C=O) groups is 1. The lowest BCUT2D eigenvalue weighted by atomic mass is 10.0. The van der Waals surface area contributed by atoms with E-state index in [4.69, 9.17) is 5.11 Å². The number of carboxylic acids is 1. The molecule has 2 rings (SSSR count). The SMILES string of the molecule is CNc1ccc(-c2ccsc2)cc1C(=O)O. The highest BCUT2D eigenvalue weighted by Crippen LogP contribution is 2.26. The van der Waals surface area contributed by atoms with Crippen LogP contribution in [0, 0.1) is 0 Å². The van der Waals surface area contributed by atoms with Crippen LogP contribution in [-0.2, 0) is 0 Å². The van der Waals surface area contributed by atoms with Crippen LogP contribution in [0.5, 0.6) is 0 Å². The van der Waals surface area contributed by atoms with Gasteiger partial charge in [-0.15, -0.1) is 0 Å². The molecule has 0 atom stereocenters. The minimum atomic E-state index is -0.915. The van der Waals surface area contributed by atoms with E-state index >= 15 is 0 Å². The Morgan fingerprint density at radius 1 is 1.31 bits per heavy atom. The molecule has 82 valence electrons. The van der Waals surface area contributed by atoms with Gasteiger partial charge in [0.2, 0.25) is 0 Å². The zero-order chi connectivity index (χ0) is 11.5. The molecule has 2 aromatic rings. The van der Waals surface area contributed by atoms with Crippen molar-refractivity contribution in [3.05, 3.63) is 40.6 Å². The second kappa shape index (κ2) is 4.37. The molecular weight excluding hydrogens is 222 g/mol. The predicted molar refractivity (Wildman–Crippen MR) is 66.3 cm³/mol. The molecule has 0 radical (unpaired) electrons. The first-order valence-electron chi connectivity index (χ1n) is 4.80. The van der Waals surface area contributed by atoms with Gasteiger partial charge in [-0.2, -0.15) is 11.3 Å². The smallest absolute Gasteiger partial charge is 0.337 e. The number of carboxylic acid groups (broad SMARTS) is 1. The molecule has 1 aromatic heterocycles. The Balaban J connectivity index is 2.51. The Morgan fingerprint density at radius 3 is 2.69 bits per heavy atom. The molecular formula is C12H11NO2S. The summed E-state index contributed by atoms with van der Waals surface area (Å²) in [5.41, 5.74) is 2.91. The van der Waals surface area contributed by atoms with Gasteiger partial charge in [0.25, 0.3) is 0 Å². The quantitative estimate of drug-likeness (QED) is 0.856. The van der Waals surface area contributed by atoms with Gasteiger partial charge in [0.05, 0.1) is 5.56 Å². The zero-order valence-corrected chi connectivity index (χ0v) is 9.54. The number of thiophene rings is 1. The van der Waals surface area contributed by atoms with E-state index in [-0.39, 0.29) is 0 Å². The van der Waals surface area contributed by atoms with Gasteiger partial charge in [0.1, 0.15) is 0 Å². The Morgan fingerprint density at radius 2 is 2.12 bits per heavy atom. The lowest BCUT2D eigenvalue weighted by Crippen LogP contribution is -2.02. The van der Waals surface area contributed by atoms with Gasteiger partial charge in [-0.3, -0.25) is 0 Å². The van der Waals surface area contributed by atoms with Gasteiger partial charge in [-0.25, -0.2) is 4.79 Å². The first kappa shape index (κ1) is 10.7. The average molecular weight is 233 g/mol. The maximum atomic E-state index is 11.1. The molecule has 0 unspecified atom stereocenters. The van der Waals surface area contributed by atoms with Crippen molar-refractivity contribution >= 4 is 23.0 Å². The fraction of sp³-hybridized carbons (Fsp3) is 0.0833. The number of benzene rings is 1. The largest absolute Gasteiger partial charge is 0.478 e. The van der Waals surface area contributed by atoms with Crippen LogP contribution < -0.4 is 5.32 Å². The van der Waals surface area contributed by atoms with Gasteiger partial charge >= 0.3 is 5.97 Å². The minimum Gasteiger partial charge on any atom is -0.478 e. The lowest BCUT2D eigenvalue weighted by Gasteiger charge is -2.07. The number of anilines is 1. The third kappa shape index (κ3) is 1.92. The van der Waals surface area contributed by atoms with E-state index < -0.39 is 5.97 Å². The molecule has 0 aliphatic rings. The highest BCUT2D eigenvalue weighted by molar-refractivity contribution is 7.08. The lowest BCUT2D eigenvalue weighted by molar-refractivity contribution is 0.0698. The molecule has 0 bridgehead atoms. The summed E-state index contributed by atoms with van der Waals surface area (Å²) in [5.74, 6) is -0.915. The summed E-state index contributed by atoms with van der Waals surface area (Å²) in [6, 6.07) is 7.37. The van der Waals surface area contributed by atoms with Crippen LogP contribution in [0.3, 0.4) is 0 Å². The molecule has 3 nitrogen and oxygen atoms in total. The topological polar surface area (TPSA) is 49.3 Å². The monoisotopic (exact) mass is 233 g/mol. The molecule has 16 heavy (non-hydrogen) atoms. The Kier molecular flexibility index (Phi) is 2.92. The molecule has 0 aliphatic carbocycles. The van der Waals surface area contributed by atoms with Crippen LogP contribution in [-0.4, -0.2) is 18.1 Å². The molecule has 0 aliphatic heterocycles. The van der Waals surface area contributed by atoms with Gasteiger partial charge in [-0.1, -0.05) is 6.07 Å². The summed E-state index contributed by atoms with van der Waals surface area (Å²) < 4.78 is 0. The standard InChI is InChI=1S/C12H11NO2S/c1-13-11-3-2-8(6-10(11)12(14)15)9-4-5-16-7-9/h2-7,13H,1H3,(H,14,15). The highest BCUT2D eigenvalue weighted by atomic mass is 32.1. The van der Waals surface area contributed by atoms with Crippen molar-refractivity contribution in [3.8, 4) is 11.1 Å². The minimum absolute atomic E-state index is 0.297. The van der Waals surface area contributed by atoms with Crippen molar-refractivity contribution in [3.63, 3.8) is 0 Å². The average Bonchev–Trinajstić information content (AvgIpc) is 2.81. The van der Waals surface area contributed by atoms with Crippen LogP contribution >= 0.6 is 11.3 Å². The fourth-order valence-electron chi connectivity index (χ4n) is 1.55. The van der Waals surface area contributed by atoms with Crippen molar-refractivity contribution in [2.24, 2.45) is 0 Å². The second-order valence-electron chi connectivity index (χ2n) is 3.33. The van der Waals surface area contributed by atoms with Crippen molar-refractivity contribution in [1.29, 1.82) is 0 Å². The summed E-state index contributed by atoms with van der Waals surface area (Å²) >= 11 is 1.60. The van der Waals surface area contributed by atoms with E-state index in [1.165, 1.54) is 0 Å². The van der Waals surface area contributed by atoms with E-state index in [2.05, 4.69) is 5.32 Å².